The first-order valence-corrected chi connectivity index (χ1v) is 7.58. The monoisotopic (exact) mass is 288 g/mol. The number of rotatable bonds is 3. The molecule has 0 spiro atoms. The molecule has 2 N–H and O–H groups in total. The Kier molecular flexibility index (Phi) is 4.08. The van der Waals surface area contributed by atoms with Gasteiger partial charge in [0.25, 0.3) is 5.91 Å². The van der Waals surface area contributed by atoms with Crippen LogP contribution in [0.3, 0.4) is 0 Å². The molecule has 0 radical (unpaired) electrons. The molecule has 2 amide bonds. The fourth-order valence-electron chi connectivity index (χ4n) is 2.93. The van der Waals surface area contributed by atoms with Gasteiger partial charge in [-0.2, -0.15) is 0 Å². The van der Waals surface area contributed by atoms with Crippen molar-refractivity contribution in [3.05, 3.63) is 24.3 Å². The van der Waals surface area contributed by atoms with Crippen LogP contribution in [0.4, 0.5) is 5.69 Å². The van der Waals surface area contributed by atoms with Crippen molar-refractivity contribution in [2.45, 2.75) is 50.7 Å². The molecule has 3 rings (SSSR count). The molecule has 2 aliphatic rings. The minimum absolute atomic E-state index is 0.0661. The first-order valence-electron chi connectivity index (χ1n) is 7.58. The number of hydrogen-bond donors (Lipinski definition) is 2. The molecule has 0 aromatic heterocycles. The van der Waals surface area contributed by atoms with E-state index in [-0.39, 0.29) is 24.3 Å². The van der Waals surface area contributed by atoms with Gasteiger partial charge in [0.1, 0.15) is 5.75 Å². The average molecular weight is 288 g/mol. The number of nitrogens with one attached hydrogen (secondary N) is 2. The number of anilines is 1. The zero-order chi connectivity index (χ0) is 14.7. The molecular weight excluding hydrogens is 268 g/mol. The van der Waals surface area contributed by atoms with Crippen molar-refractivity contribution in [1.29, 1.82) is 0 Å². The highest BCUT2D eigenvalue weighted by Gasteiger charge is 2.30. The molecule has 0 unspecified atom stereocenters. The minimum Gasteiger partial charge on any atom is -0.478 e. The Morgan fingerprint density at radius 2 is 2.00 bits per heavy atom. The normalized spacial score (nSPS) is 21.9. The first kappa shape index (κ1) is 13.9. The van der Waals surface area contributed by atoms with Crippen molar-refractivity contribution in [3.8, 4) is 5.75 Å². The third kappa shape index (κ3) is 3.35. The Hall–Kier alpha value is -2.04. The van der Waals surface area contributed by atoms with E-state index >= 15 is 0 Å². The summed E-state index contributed by atoms with van der Waals surface area (Å²) in [4.78, 5) is 24.0. The van der Waals surface area contributed by atoms with Gasteiger partial charge >= 0.3 is 0 Å². The van der Waals surface area contributed by atoms with Crippen molar-refractivity contribution in [1.82, 2.24) is 5.32 Å². The van der Waals surface area contributed by atoms with Crippen LogP contribution in [-0.4, -0.2) is 24.0 Å². The van der Waals surface area contributed by atoms with Gasteiger partial charge in [-0.15, -0.1) is 0 Å². The zero-order valence-corrected chi connectivity index (χ0v) is 11.9. The van der Waals surface area contributed by atoms with Crippen LogP contribution < -0.4 is 15.4 Å². The van der Waals surface area contributed by atoms with Crippen molar-refractivity contribution in [2.75, 3.05) is 5.32 Å². The Morgan fingerprint density at radius 3 is 2.81 bits per heavy atom. The van der Waals surface area contributed by atoms with E-state index < -0.39 is 6.10 Å². The van der Waals surface area contributed by atoms with E-state index in [4.69, 9.17) is 4.74 Å². The topological polar surface area (TPSA) is 67.4 Å². The van der Waals surface area contributed by atoms with E-state index in [1.165, 1.54) is 19.3 Å². The molecule has 1 atom stereocenters. The summed E-state index contributed by atoms with van der Waals surface area (Å²) in [6.45, 7) is 0. The molecule has 1 saturated carbocycles. The van der Waals surface area contributed by atoms with Crippen molar-refractivity contribution >= 4 is 17.5 Å². The summed E-state index contributed by atoms with van der Waals surface area (Å²) in [5.41, 5.74) is 0.659. The lowest BCUT2D eigenvalue weighted by Gasteiger charge is -2.27. The van der Waals surface area contributed by atoms with E-state index in [1.807, 2.05) is 12.1 Å². The SMILES string of the molecule is O=C(C[C@@H]1Oc2ccccc2NC1=O)NC1CCCCC1. The van der Waals surface area contributed by atoms with Gasteiger partial charge in [-0.1, -0.05) is 31.4 Å². The van der Waals surface area contributed by atoms with Gasteiger partial charge in [-0.05, 0) is 25.0 Å². The van der Waals surface area contributed by atoms with Gasteiger partial charge in [0, 0.05) is 6.04 Å². The van der Waals surface area contributed by atoms with Gasteiger partial charge in [-0.3, -0.25) is 9.59 Å². The standard InChI is InChI=1S/C16H20N2O3/c19-15(17-11-6-2-1-3-7-11)10-14-16(20)18-12-8-4-5-9-13(12)21-14/h4-5,8-9,11,14H,1-3,6-7,10H2,(H,17,19)(H,18,20)/t14-/m0/s1. The van der Waals surface area contributed by atoms with E-state index in [9.17, 15) is 9.59 Å². The molecule has 5 nitrogen and oxygen atoms in total. The molecule has 21 heavy (non-hydrogen) atoms. The predicted octanol–water partition coefficient (Wildman–Crippen LogP) is 2.23. The van der Waals surface area contributed by atoms with Crippen LogP contribution in [0.2, 0.25) is 0 Å². The first-order chi connectivity index (χ1) is 10.2. The van der Waals surface area contributed by atoms with Crippen LogP contribution in [0.15, 0.2) is 24.3 Å². The summed E-state index contributed by atoms with van der Waals surface area (Å²) in [5, 5.41) is 5.79. The molecule has 1 fully saturated rings. The predicted molar refractivity (Wildman–Crippen MR) is 79.1 cm³/mol. The Bertz CT molecular complexity index is 538. The summed E-state index contributed by atoms with van der Waals surface area (Å²) in [6, 6.07) is 7.51. The van der Waals surface area contributed by atoms with Crippen LogP contribution in [0, 0.1) is 0 Å². The number of benzene rings is 1. The fourth-order valence-corrected chi connectivity index (χ4v) is 2.93. The van der Waals surface area contributed by atoms with E-state index in [0.29, 0.717) is 11.4 Å². The second kappa shape index (κ2) is 6.16. The van der Waals surface area contributed by atoms with E-state index in [2.05, 4.69) is 10.6 Å². The zero-order valence-electron chi connectivity index (χ0n) is 11.9. The van der Waals surface area contributed by atoms with E-state index in [1.54, 1.807) is 12.1 Å². The molecular formula is C16H20N2O3. The lowest BCUT2D eigenvalue weighted by Crippen LogP contribution is -2.43. The highest BCUT2D eigenvalue weighted by molar-refractivity contribution is 5.99. The number of para-hydroxylation sites is 2. The minimum atomic E-state index is -0.747. The highest BCUT2D eigenvalue weighted by Crippen LogP contribution is 2.29. The van der Waals surface area contributed by atoms with Gasteiger partial charge in [0.2, 0.25) is 5.91 Å². The van der Waals surface area contributed by atoms with Crippen molar-refractivity contribution in [2.24, 2.45) is 0 Å². The van der Waals surface area contributed by atoms with Crippen LogP contribution in [0.5, 0.6) is 5.75 Å². The quantitative estimate of drug-likeness (QED) is 0.896. The third-order valence-electron chi connectivity index (χ3n) is 4.05. The maximum absolute atomic E-state index is 12.1. The Labute approximate surface area is 124 Å². The summed E-state index contributed by atoms with van der Waals surface area (Å²) >= 11 is 0. The molecule has 1 aliphatic carbocycles. The highest BCUT2D eigenvalue weighted by atomic mass is 16.5. The molecule has 112 valence electrons. The van der Waals surface area contributed by atoms with E-state index in [0.717, 1.165) is 12.8 Å². The van der Waals surface area contributed by atoms with Crippen LogP contribution >= 0.6 is 0 Å². The van der Waals surface area contributed by atoms with Crippen LogP contribution in [0.1, 0.15) is 38.5 Å². The lowest BCUT2D eigenvalue weighted by molar-refractivity contribution is -0.131. The lowest BCUT2D eigenvalue weighted by atomic mass is 9.95. The average Bonchev–Trinajstić information content (AvgIpc) is 2.49. The molecule has 0 bridgehead atoms. The summed E-state index contributed by atoms with van der Waals surface area (Å²) < 4.78 is 5.63. The maximum atomic E-state index is 12.1. The summed E-state index contributed by atoms with van der Waals surface area (Å²) in [6.07, 6.45) is 4.97. The van der Waals surface area contributed by atoms with Gasteiger partial charge < -0.3 is 15.4 Å². The summed E-state index contributed by atoms with van der Waals surface area (Å²) in [7, 11) is 0. The maximum Gasteiger partial charge on any atom is 0.266 e. The van der Waals surface area contributed by atoms with Gasteiger partial charge in [0.05, 0.1) is 12.1 Å². The third-order valence-corrected chi connectivity index (χ3v) is 4.05. The molecule has 5 heteroatoms. The molecule has 0 saturated heterocycles. The fraction of sp³-hybridized carbons (Fsp3) is 0.500. The van der Waals surface area contributed by atoms with Crippen LogP contribution in [0.25, 0.3) is 0 Å². The summed E-state index contributed by atoms with van der Waals surface area (Å²) in [5.74, 6) is 0.251. The van der Waals surface area contributed by atoms with Crippen LogP contribution in [-0.2, 0) is 9.59 Å². The molecule has 1 aliphatic heterocycles. The number of amides is 2. The molecule has 1 heterocycles. The second-order valence-electron chi connectivity index (χ2n) is 5.70. The Morgan fingerprint density at radius 1 is 1.24 bits per heavy atom. The second-order valence-corrected chi connectivity index (χ2v) is 5.70. The number of carbonyl (C=O) groups excluding carboxylic acids is 2. The van der Waals surface area contributed by atoms with Gasteiger partial charge in [-0.25, -0.2) is 0 Å². The number of carbonyl (C=O) groups is 2. The molecule has 1 aromatic rings. The van der Waals surface area contributed by atoms with Crippen molar-refractivity contribution < 1.29 is 14.3 Å². The largest absolute Gasteiger partial charge is 0.478 e. The van der Waals surface area contributed by atoms with Crippen molar-refractivity contribution in [3.63, 3.8) is 0 Å². The smallest absolute Gasteiger partial charge is 0.266 e. The Balaban J connectivity index is 1.57. The number of ether oxygens (including phenoxy) is 1. The van der Waals surface area contributed by atoms with Gasteiger partial charge in [0.15, 0.2) is 6.10 Å². The number of hydrogen-bond acceptors (Lipinski definition) is 3. The molecule has 1 aromatic carbocycles. The number of fused-ring (bicyclic) bond motifs is 1.